The van der Waals surface area contributed by atoms with Gasteiger partial charge in [0.05, 0.1) is 0 Å². The van der Waals surface area contributed by atoms with E-state index in [1.807, 2.05) is 55.4 Å². The molecule has 5 atom stereocenters. The van der Waals surface area contributed by atoms with Crippen molar-refractivity contribution in [2.45, 2.75) is 92.4 Å². The maximum Gasteiger partial charge on any atom is 0.243 e. The average Bonchev–Trinajstić information content (AvgIpc) is 2.64. The van der Waals surface area contributed by atoms with Crippen molar-refractivity contribution in [3.63, 3.8) is 0 Å². The van der Waals surface area contributed by atoms with Gasteiger partial charge < -0.3 is 21.3 Å². The Balaban J connectivity index is 3.38. The zero-order chi connectivity index (χ0) is 23.2. The third-order valence-electron chi connectivity index (χ3n) is 5.63. The second-order valence-corrected chi connectivity index (χ2v) is 9.52. The second-order valence-electron chi connectivity index (χ2n) is 9.52. The molecule has 30 heavy (non-hydrogen) atoms. The Morgan fingerprint density at radius 2 is 1.03 bits per heavy atom. The summed E-state index contributed by atoms with van der Waals surface area (Å²) >= 11 is 0. The van der Waals surface area contributed by atoms with Gasteiger partial charge in [0, 0.05) is 0 Å². The van der Waals surface area contributed by atoms with Crippen LogP contribution in [-0.2, 0) is 19.2 Å². The molecule has 1 heterocycles. The average molecular weight is 425 g/mol. The molecule has 0 saturated carbocycles. The van der Waals surface area contributed by atoms with Gasteiger partial charge in [-0.1, -0.05) is 61.8 Å². The van der Waals surface area contributed by atoms with Crippen molar-refractivity contribution in [1.29, 1.82) is 0 Å². The minimum Gasteiger partial charge on any atom is -0.343 e. The van der Waals surface area contributed by atoms with Gasteiger partial charge >= 0.3 is 0 Å². The fourth-order valence-electron chi connectivity index (χ4n) is 3.48. The highest BCUT2D eigenvalue weighted by atomic mass is 16.2. The summed E-state index contributed by atoms with van der Waals surface area (Å²) in [5.41, 5.74) is 0. The van der Waals surface area contributed by atoms with E-state index >= 15 is 0 Å². The normalized spacial score (nSPS) is 27.7. The van der Waals surface area contributed by atoms with E-state index in [4.69, 9.17) is 0 Å². The number of nitrogens with one attached hydrogen (secondary N) is 4. The highest BCUT2D eigenvalue weighted by molar-refractivity contribution is 5.97. The van der Waals surface area contributed by atoms with E-state index in [-0.39, 0.29) is 35.5 Å². The van der Waals surface area contributed by atoms with Crippen molar-refractivity contribution >= 4 is 23.6 Å². The zero-order valence-corrected chi connectivity index (χ0v) is 19.7. The van der Waals surface area contributed by atoms with E-state index in [1.165, 1.54) is 0 Å². The summed E-state index contributed by atoms with van der Waals surface area (Å²) in [6, 6.07) is -3.18. The van der Waals surface area contributed by atoms with Crippen LogP contribution in [0.1, 0.15) is 68.2 Å². The van der Waals surface area contributed by atoms with Crippen molar-refractivity contribution in [3.8, 4) is 0 Å². The molecule has 8 nitrogen and oxygen atoms in total. The van der Waals surface area contributed by atoms with Gasteiger partial charge in [0.25, 0.3) is 0 Å². The smallest absolute Gasteiger partial charge is 0.243 e. The molecular formula is C22H40N4O4. The van der Waals surface area contributed by atoms with E-state index in [2.05, 4.69) is 21.3 Å². The standard InChI is InChI=1S/C22H40N4O4/c1-9-14(8)18-22(30)25-16(12(4)5)20(28)23-15(10-11(2)3)19(27)24-17(13(6)7)21(29)26-18/h11-18H,9-10H2,1-8H3,(H,23,28)(H,24,27)(H,25,30)(H,26,29). The van der Waals surface area contributed by atoms with Crippen molar-refractivity contribution in [3.05, 3.63) is 0 Å². The van der Waals surface area contributed by atoms with Gasteiger partial charge in [0.2, 0.25) is 23.6 Å². The lowest BCUT2D eigenvalue weighted by Crippen LogP contribution is -2.64. The molecule has 0 aliphatic carbocycles. The topological polar surface area (TPSA) is 116 Å². The van der Waals surface area contributed by atoms with Crippen LogP contribution in [0.4, 0.5) is 0 Å². The largest absolute Gasteiger partial charge is 0.343 e. The molecule has 0 radical (unpaired) electrons. The Hall–Kier alpha value is -2.12. The van der Waals surface area contributed by atoms with Gasteiger partial charge in [0.1, 0.15) is 24.2 Å². The second kappa shape index (κ2) is 11.3. The maximum atomic E-state index is 13.0. The van der Waals surface area contributed by atoms with E-state index in [0.29, 0.717) is 12.8 Å². The van der Waals surface area contributed by atoms with E-state index in [9.17, 15) is 19.2 Å². The number of hydrogen-bond donors (Lipinski definition) is 4. The molecule has 0 aromatic carbocycles. The fourth-order valence-corrected chi connectivity index (χ4v) is 3.48. The first-order chi connectivity index (χ1) is 13.9. The summed E-state index contributed by atoms with van der Waals surface area (Å²) in [5.74, 6) is -1.91. The minimum atomic E-state index is -0.802. The first kappa shape index (κ1) is 25.9. The van der Waals surface area contributed by atoms with Crippen LogP contribution in [0, 0.1) is 23.7 Å². The first-order valence-corrected chi connectivity index (χ1v) is 11.1. The molecule has 1 aliphatic heterocycles. The summed E-state index contributed by atoms with van der Waals surface area (Å²) < 4.78 is 0. The highest BCUT2D eigenvalue weighted by Gasteiger charge is 2.37. The van der Waals surface area contributed by atoms with Gasteiger partial charge in [-0.15, -0.1) is 0 Å². The number of amides is 4. The predicted molar refractivity (Wildman–Crippen MR) is 116 cm³/mol. The molecule has 0 spiro atoms. The Labute approximate surface area is 180 Å². The molecule has 172 valence electrons. The Morgan fingerprint density at radius 1 is 0.633 bits per heavy atom. The first-order valence-electron chi connectivity index (χ1n) is 11.1. The molecule has 5 unspecified atom stereocenters. The van der Waals surface area contributed by atoms with Gasteiger partial charge in [-0.25, -0.2) is 0 Å². The van der Waals surface area contributed by atoms with Crippen LogP contribution >= 0.6 is 0 Å². The maximum absolute atomic E-state index is 13.0. The van der Waals surface area contributed by atoms with Gasteiger partial charge in [-0.2, -0.15) is 0 Å². The molecule has 4 amide bonds. The zero-order valence-electron chi connectivity index (χ0n) is 19.7. The third-order valence-corrected chi connectivity index (χ3v) is 5.63. The van der Waals surface area contributed by atoms with Crippen LogP contribution in [0.25, 0.3) is 0 Å². The van der Waals surface area contributed by atoms with Gasteiger partial charge in [0.15, 0.2) is 0 Å². The Morgan fingerprint density at radius 3 is 1.47 bits per heavy atom. The van der Waals surface area contributed by atoms with Gasteiger partial charge in [-0.05, 0) is 30.1 Å². The molecule has 1 fully saturated rings. The van der Waals surface area contributed by atoms with Crippen LogP contribution in [0.3, 0.4) is 0 Å². The van der Waals surface area contributed by atoms with Crippen molar-refractivity contribution in [2.24, 2.45) is 23.7 Å². The van der Waals surface area contributed by atoms with E-state index in [0.717, 1.165) is 0 Å². The minimum absolute atomic E-state index is 0.134. The van der Waals surface area contributed by atoms with Crippen LogP contribution in [0.15, 0.2) is 0 Å². The Bertz CT molecular complexity index is 627. The molecule has 0 aromatic rings. The van der Waals surface area contributed by atoms with Crippen LogP contribution in [-0.4, -0.2) is 47.8 Å². The molecular weight excluding hydrogens is 384 g/mol. The van der Waals surface area contributed by atoms with E-state index < -0.39 is 36.0 Å². The number of carbonyl (C=O) groups excluding carboxylic acids is 4. The summed E-state index contributed by atoms with van der Waals surface area (Å²) in [5, 5.41) is 11.2. The quantitative estimate of drug-likeness (QED) is 0.515. The molecule has 0 bridgehead atoms. The lowest BCUT2D eigenvalue weighted by Gasteiger charge is -2.33. The fraction of sp³-hybridized carbons (Fsp3) is 0.818. The molecule has 1 aliphatic rings. The van der Waals surface area contributed by atoms with Crippen molar-refractivity contribution < 1.29 is 19.2 Å². The van der Waals surface area contributed by atoms with Crippen molar-refractivity contribution in [2.75, 3.05) is 0 Å². The third kappa shape index (κ3) is 6.99. The molecule has 8 heteroatoms. The predicted octanol–water partition coefficient (Wildman–Crippen LogP) is 1.34. The lowest BCUT2D eigenvalue weighted by atomic mass is 9.94. The van der Waals surface area contributed by atoms with Crippen LogP contribution in [0.2, 0.25) is 0 Å². The molecule has 1 rings (SSSR count). The Kier molecular flexibility index (Phi) is 9.78. The number of carbonyl (C=O) groups is 4. The number of hydrogen-bond acceptors (Lipinski definition) is 4. The SMILES string of the molecule is CCC(C)C1NC(=O)C(C(C)C)NC(=O)C(CC(C)C)NC(=O)C(C(C)C)NC1=O. The lowest BCUT2D eigenvalue weighted by molar-refractivity contribution is -0.138. The monoisotopic (exact) mass is 424 g/mol. The van der Waals surface area contributed by atoms with Crippen LogP contribution < -0.4 is 21.3 Å². The molecule has 4 N–H and O–H groups in total. The van der Waals surface area contributed by atoms with Crippen molar-refractivity contribution in [1.82, 2.24) is 21.3 Å². The van der Waals surface area contributed by atoms with E-state index in [1.54, 1.807) is 0 Å². The molecule has 0 aromatic heterocycles. The van der Waals surface area contributed by atoms with Gasteiger partial charge in [-0.3, -0.25) is 19.2 Å². The highest BCUT2D eigenvalue weighted by Crippen LogP contribution is 2.14. The summed E-state index contributed by atoms with van der Waals surface area (Å²) in [6.07, 6.45) is 1.10. The van der Waals surface area contributed by atoms with Crippen LogP contribution in [0.5, 0.6) is 0 Å². The number of rotatable bonds is 6. The molecule has 1 saturated heterocycles. The summed E-state index contributed by atoms with van der Waals surface area (Å²) in [4.78, 5) is 52.0. The summed E-state index contributed by atoms with van der Waals surface area (Å²) in [7, 11) is 0. The summed E-state index contributed by atoms with van der Waals surface area (Å²) in [6.45, 7) is 15.1.